The lowest BCUT2D eigenvalue weighted by Gasteiger charge is -2.47. The Balaban J connectivity index is 1.80. The van der Waals surface area contributed by atoms with E-state index in [0.29, 0.717) is 16.7 Å². The number of hydrogen-bond acceptors (Lipinski definition) is 3. The van der Waals surface area contributed by atoms with Crippen LogP contribution in [0.1, 0.15) is 52.9 Å². The van der Waals surface area contributed by atoms with Crippen LogP contribution in [0.3, 0.4) is 0 Å². The van der Waals surface area contributed by atoms with Crippen molar-refractivity contribution in [1.29, 1.82) is 0 Å². The molecule has 1 heterocycles. The van der Waals surface area contributed by atoms with Crippen LogP contribution in [0.5, 0.6) is 5.75 Å². The first-order valence-corrected chi connectivity index (χ1v) is 10.1. The van der Waals surface area contributed by atoms with Crippen molar-refractivity contribution in [2.24, 2.45) is 17.1 Å². The van der Waals surface area contributed by atoms with Gasteiger partial charge >= 0.3 is 0 Å². The fraction of sp³-hybridized carbons (Fsp3) is 0.571. The molecule has 6 heteroatoms. The molecule has 3 rings (SSSR count). The maximum absolute atomic E-state index is 14.1. The Morgan fingerprint density at radius 3 is 2.59 bits per heavy atom. The Kier molecular flexibility index (Phi) is 5.82. The second kappa shape index (κ2) is 7.80. The van der Waals surface area contributed by atoms with E-state index in [-0.39, 0.29) is 33.9 Å². The van der Waals surface area contributed by atoms with E-state index in [1.54, 1.807) is 0 Å². The molecule has 0 amide bonds. The minimum absolute atomic E-state index is 0.0148. The maximum atomic E-state index is 14.1. The molecule has 148 valence electrons. The van der Waals surface area contributed by atoms with E-state index in [2.05, 4.69) is 25.8 Å². The van der Waals surface area contributed by atoms with Crippen molar-refractivity contribution in [2.45, 2.75) is 65.0 Å². The van der Waals surface area contributed by atoms with Gasteiger partial charge in [0, 0.05) is 17.6 Å². The predicted octanol–water partition coefficient (Wildman–Crippen LogP) is 5.02. The van der Waals surface area contributed by atoms with Crippen molar-refractivity contribution in [1.82, 2.24) is 4.98 Å². The van der Waals surface area contributed by atoms with Crippen molar-refractivity contribution >= 4 is 22.4 Å². The Hall–Kier alpha value is -1.59. The average molecular weight is 395 g/mol. The summed E-state index contributed by atoms with van der Waals surface area (Å²) in [6.45, 7) is 6.64. The Morgan fingerprint density at radius 2 is 2.00 bits per heavy atom. The molecule has 1 aliphatic carbocycles. The molecule has 0 bridgehead atoms. The third kappa shape index (κ3) is 3.72. The first-order chi connectivity index (χ1) is 12.8. The normalized spacial score (nSPS) is 24.3. The van der Waals surface area contributed by atoms with Gasteiger partial charge in [-0.3, -0.25) is 4.79 Å². The van der Waals surface area contributed by atoms with Gasteiger partial charge in [-0.2, -0.15) is 0 Å². The monoisotopic (exact) mass is 394 g/mol. The van der Waals surface area contributed by atoms with Crippen LogP contribution < -0.4 is 16.0 Å². The van der Waals surface area contributed by atoms with Crippen LogP contribution in [0.25, 0.3) is 10.8 Å². The quantitative estimate of drug-likeness (QED) is 0.747. The van der Waals surface area contributed by atoms with Crippen molar-refractivity contribution in [3.05, 3.63) is 39.5 Å². The number of halogens is 2. The highest BCUT2D eigenvalue weighted by Crippen LogP contribution is 2.46. The molecule has 1 unspecified atom stereocenters. The highest BCUT2D eigenvalue weighted by molar-refractivity contribution is 6.32. The molecule has 1 aromatic heterocycles. The number of ether oxygens (including phenoxy) is 1. The Bertz CT molecular complexity index is 872. The minimum atomic E-state index is -0.498. The summed E-state index contributed by atoms with van der Waals surface area (Å²) >= 11 is 6.31. The molecule has 4 nitrogen and oxygen atoms in total. The summed E-state index contributed by atoms with van der Waals surface area (Å²) in [6, 6.07) is 3.19. The summed E-state index contributed by atoms with van der Waals surface area (Å²) in [5.41, 5.74) is 6.23. The van der Waals surface area contributed by atoms with Gasteiger partial charge in [-0.15, -0.1) is 0 Å². The molecule has 3 N–H and O–H groups in total. The van der Waals surface area contributed by atoms with Gasteiger partial charge in [0.15, 0.2) is 0 Å². The first-order valence-electron chi connectivity index (χ1n) is 9.71. The zero-order chi connectivity index (χ0) is 19.8. The van der Waals surface area contributed by atoms with E-state index >= 15 is 0 Å². The smallest absolute Gasteiger partial charge is 0.256 e. The number of nitrogens with two attached hydrogens (primary N) is 1. The number of hydrogen-bond donors (Lipinski definition) is 2. The molecular formula is C21H28ClFN2O2. The fourth-order valence-electron chi connectivity index (χ4n) is 4.52. The van der Waals surface area contributed by atoms with Crippen molar-refractivity contribution < 1.29 is 9.13 Å². The van der Waals surface area contributed by atoms with Gasteiger partial charge in [-0.25, -0.2) is 4.39 Å². The van der Waals surface area contributed by atoms with Gasteiger partial charge in [0.2, 0.25) is 0 Å². The zero-order valence-electron chi connectivity index (χ0n) is 16.1. The highest BCUT2D eigenvalue weighted by atomic mass is 35.5. The number of rotatable bonds is 5. The minimum Gasteiger partial charge on any atom is -0.489 e. The van der Waals surface area contributed by atoms with E-state index in [4.69, 9.17) is 22.1 Å². The third-order valence-electron chi connectivity index (χ3n) is 6.39. The number of H-pyrrole nitrogens is 1. The molecule has 1 saturated carbocycles. The van der Waals surface area contributed by atoms with Gasteiger partial charge in [0.05, 0.1) is 16.5 Å². The summed E-state index contributed by atoms with van der Waals surface area (Å²) in [6.07, 6.45) is 5.82. The maximum Gasteiger partial charge on any atom is 0.256 e. The molecule has 1 aromatic carbocycles. The van der Waals surface area contributed by atoms with Crippen LogP contribution in [0.15, 0.2) is 23.1 Å². The summed E-state index contributed by atoms with van der Waals surface area (Å²) in [4.78, 5) is 14.2. The number of benzene rings is 1. The van der Waals surface area contributed by atoms with E-state index in [1.807, 2.05) is 0 Å². The van der Waals surface area contributed by atoms with E-state index in [0.717, 1.165) is 38.3 Å². The number of nitrogens with one attached hydrogen (secondary N) is 1. The standard InChI is InChI=1S/C21H28ClFN2O2/c1-4-19(24)21(12(2)3)7-5-13(6-8-21)27-18-10-14-15(9-16(18)22)20(26)25-11-17(14)23/h9-13,19H,4-8,24H2,1-3H3,(H,25,26). The zero-order valence-corrected chi connectivity index (χ0v) is 16.9. The van der Waals surface area contributed by atoms with Crippen molar-refractivity contribution in [3.63, 3.8) is 0 Å². The fourth-order valence-corrected chi connectivity index (χ4v) is 4.73. The summed E-state index contributed by atoms with van der Waals surface area (Å²) in [7, 11) is 0. The molecule has 1 aliphatic rings. The molecule has 1 atom stereocenters. The van der Waals surface area contributed by atoms with Crippen LogP contribution >= 0.6 is 11.6 Å². The number of aromatic nitrogens is 1. The molecule has 0 aliphatic heterocycles. The van der Waals surface area contributed by atoms with Gasteiger partial charge in [0.1, 0.15) is 11.6 Å². The molecule has 27 heavy (non-hydrogen) atoms. The third-order valence-corrected chi connectivity index (χ3v) is 6.68. The van der Waals surface area contributed by atoms with Crippen LogP contribution in [-0.4, -0.2) is 17.1 Å². The highest BCUT2D eigenvalue weighted by Gasteiger charge is 2.42. The van der Waals surface area contributed by atoms with Crippen LogP contribution in [0.4, 0.5) is 4.39 Å². The lowest BCUT2D eigenvalue weighted by molar-refractivity contribution is 0.0257. The van der Waals surface area contributed by atoms with Crippen LogP contribution in [-0.2, 0) is 0 Å². The predicted molar refractivity (Wildman–Crippen MR) is 108 cm³/mol. The first kappa shape index (κ1) is 20.2. The van der Waals surface area contributed by atoms with Crippen LogP contribution in [0, 0.1) is 17.2 Å². The summed E-state index contributed by atoms with van der Waals surface area (Å²) < 4.78 is 20.2. The molecule has 0 saturated heterocycles. The van der Waals surface area contributed by atoms with E-state index < -0.39 is 5.82 Å². The van der Waals surface area contributed by atoms with Gasteiger partial charge in [-0.05, 0) is 55.6 Å². The van der Waals surface area contributed by atoms with Gasteiger partial charge < -0.3 is 15.5 Å². The van der Waals surface area contributed by atoms with Gasteiger partial charge in [0.25, 0.3) is 5.56 Å². The second-order valence-electron chi connectivity index (χ2n) is 8.01. The molecule has 1 fully saturated rings. The molecular weight excluding hydrogens is 367 g/mol. The van der Waals surface area contributed by atoms with Crippen molar-refractivity contribution in [3.8, 4) is 5.75 Å². The second-order valence-corrected chi connectivity index (χ2v) is 8.42. The topological polar surface area (TPSA) is 68.1 Å². The van der Waals surface area contributed by atoms with E-state index in [9.17, 15) is 9.18 Å². The number of aromatic amines is 1. The Labute approximate surface area is 164 Å². The summed E-state index contributed by atoms with van der Waals surface area (Å²) in [5, 5.41) is 0.770. The lowest BCUT2D eigenvalue weighted by atomic mass is 9.62. The number of fused-ring (bicyclic) bond motifs is 1. The number of pyridine rings is 1. The Morgan fingerprint density at radius 1 is 1.33 bits per heavy atom. The largest absolute Gasteiger partial charge is 0.489 e. The lowest BCUT2D eigenvalue weighted by Crippen LogP contribution is -2.48. The summed E-state index contributed by atoms with van der Waals surface area (Å²) in [5.74, 6) is 0.441. The SMILES string of the molecule is CCC(N)C1(C(C)C)CCC(Oc2cc3c(F)c[nH]c(=O)c3cc2Cl)CC1. The van der Waals surface area contributed by atoms with Crippen LogP contribution in [0.2, 0.25) is 5.02 Å². The molecule has 0 radical (unpaired) electrons. The molecule has 0 spiro atoms. The van der Waals surface area contributed by atoms with E-state index in [1.165, 1.54) is 12.1 Å². The van der Waals surface area contributed by atoms with Crippen molar-refractivity contribution in [2.75, 3.05) is 0 Å². The average Bonchev–Trinajstić information content (AvgIpc) is 2.66. The van der Waals surface area contributed by atoms with Gasteiger partial charge in [-0.1, -0.05) is 32.4 Å². The molecule has 2 aromatic rings.